The van der Waals surface area contributed by atoms with Gasteiger partial charge in [0, 0.05) is 18.0 Å². The molecule has 0 aromatic heterocycles. The van der Waals surface area contributed by atoms with Gasteiger partial charge in [0.05, 0.1) is 6.04 Å². The summed E-state index contributed by atoms with van der Waals surface area (Å²) in [4.78, 5) is 11.5. The average Bonchev–Trinajstić information content (AvgIpc) is 2.60. The molecular formula is C11H13ClN2O. The maximum Gasteiger partial charge on any atom is 0.238 e. The number of hydrogen-bond donors (Lipinski definition) is 1. The van der Waals surface area contributed by atoms with Crippen LogP contribution in [0, 0.1) is 0 Å². The number of rotatable bonds is 2. The zero-order valence-corrected chi connectivity index (χ0v) is 9.29. The van der Waals surface area contributed by atoms with Crippen LogP contribution < -0.4 is 5.43 Å². The number of nitrogens with zero attached hydrogens (tertiary/aromatic N) is 1. The summed E-state index contributed by atoms with van der Waals surface area (Å²) in [5.41, 5.74) is 4.14. The van der Waals surface area contributed by atoms with Gasteiger partial charge in [0.1, 0.15) is 0 Å². The second-order valence-corrected chi connectivity index (χ2v) is 3.95. The van der Waals surface area contributed by atoms with Crippen LogP contribution in [-0.4, -0.2) is 17.5 Å². The van der Waals surface area contributed by atoms with Gasteiger partial charge in [-0.2, -0.15) is 0 Å². The van der Waals surface area contributed by atoms with Crippen molar-refractivity contribution in [2.24, 2.45) is 0 Å². The summed E-state index contributed by atoms with van der Waals surface area (Å²) in [7, 11) is 0. The van der Waals surface area contributed by atoms with Gasteiger partial charge >= 0.3 is 0 Å². The number of nitrogens with one attached hydrogen (secondary N) is 1. The summed E-state index contributed by atoms with van der Waals surface area (Å²) in [5.74, 6) is 0.127. The maximum absolute atomic E-state index is 11.5. The zero-order chi connectivity index (χ0) is 10.8. The van der Waals surface area contributed by atoms with Crippen molar-refractivity contribution in [2.75, 3.05) is 6.54 Å². The minimum atomic E-state index is 0.0196. The van der Waals surface area contributed by atoms with E-state index in [0.29, 0.717) is 18.0 Å². The Balaban J connectivity index is 2.21. The molecule has 1 aromatic rings. The van der Waals surface area contributed by atoms with Gasteiger partial charge < -0.3 is 0 Å². The topological polar surface area (TPSA) is 32.3 Å². The molecule has 4 heteroatoms. The highest BCUT2D eigenvalue weighted by atomic mass is 35.5. The van der Waals surface area contributed by atoms with Crippen LogP contribution in [0.3, 0.4) is 0 Å². The van der Waals surface area contributed by atoms with E-state index in [0.717, 1.165) is 5.56 Å². The van der Waals surface area contributed by atoms with Crippen LogP contribution in [0.1, 0.15) is 24.9 Å². The Kier molecular flexibility index (Phi) is 2.93. The van der Waals surface area contributed by atoms with Crippen LogP contribution in [0.5, 0.6) is 0 Å². The molecule has 1 unspecified atom stereocenters. The molecule has 2 rings (SSSR count). The molecule has 0 radical (unpaired) electrons. The summed E-state index contributed by atoms with van der Waals surface area (Å²) in [5, 5.41) is 2.34. The number of hydrazine groups is 1. The molecule has 0 saturated carbocycles. The Labute approximate surface area is 94.0 Å². The second kappa shape index (κ2) is 4.21. The van der Waals surface area contributed by atoms with E-state index in [1.165, 1.54) is 0 Å². The fourth-order valence-corrected chi connectivity index (χ4v) is 2.06. The largest absolute Gasteiger partial charge is 0.278 e. The molecule has 1 aliphatic heterocycles. The van der Waals surface area contributed by atoms with Crippen LogP contribution in [0.25, 0.3) is 0 Å². The molecule has 80 valence electrons. The fraction of sp³-hybridized carbons (Fsp3) is 0.364. The van der Waals surface area contributed by atoms with E-state index >= 15 is 0 Å². The Bertz CT molecular complexity index is 381. The van der Waals surface area contributed by atoms with E-state index < -0.39 is 0 Å². The van der Waals surface area contributed by atoms with Crippen molar-refractivity contribution in [3.63, 3.8) is 0 Å². The highest BCUT2D eigenvalue weighted by molar-refractivity contribution is 6.31. The molecule has 0 aliphatic carbocycles. The standard InChI is InChI=1S/C11H13ClN2O/c1-2-14-11(15)7-10(13-14)8-5-3-4-6-9(8)12/h3-6,10,13H,2,7H2,1H3. The minimum Gasteiger partial charge on any atom is -0.278 e. The molecule has 1 heterocycles. The van der Waals surface area contributed by atoms with Crippen LogP contribution in [0.15, 0.2) is 24.3 Å². The number of carbonyl (C=O) groups excluding carboxylic acids is 1. The predicted octanol–water partition coefficient (Wildman–Crippen LogP) is 2.14. The summed E-state index contributed by atoms with van der Waals surface area (Å²) in [6.45, 7) is 2.62. The lowest BCUT2D eigenvalue weighted by molar-refractivity contribution is -0.129. The van der Waals surface area contributed by atoms with Gasteiger partial charge in [-0.1, -0.05) is 29.8 Å². The summed E-state index contributed by atoms with van der Waals surface area (Å²) in [6.07, 6.45) is 0.484. The van der Waals surface area contributed by atoms with E-state index in [1.807, 2.05) is 31.2 Å². The van der Waals surface area contributed by atoms with Gasteiger partial charge in [0.15, 0.2) is 0 Å². The molecule has 1 aromatic carbocycles. The van der Waals surface area contributed by atoms with Crippen LogP contribution >= 0.6 is 11.6 Å². The predicted molar refractivity (Wildman–Crippen MR) is 59.3 cm³/mol. The molecule has 1 amide bonds. The van der Waals surface area contributed by atoms with Crippen molar-refractivity contribution < 1.29 is 4.79 Å². The highest BCUT2D eigenvalue weighted by Gasteiger charge is 2.29. The van der Waals surface area contributed by atoms with Gasteiger partial charge in [-0.15, -0.1) is 0 Å². The fourth-order valence-electron chi connectivity index (χ4n) is 1.80. The number of benzene rings is 1. The van der Waals surface area contributed by atoms with Crippen molar-refractivity contribution >= 4 is 17.5 Å². The molecule has 3 nitrogen and oxygen atoms in total. The lowest BCUT2D eigenvalue weighted by atomic mass is 10.1. The molecular weight excluding hydrogens is 212 g/mol. The van der Waals surface area contributed by atoms with E-state index in [4.69, 9.17) is 11.6 Å². The smallest absolute Gasteiger partial charge is 0.238 e. The Morgan fingerprint density at radius 2 is 2.27 bits per heavy atom. The first kappa shape index (κ1) is 10.5. The number of hydrogen-bond acceptors (Lipinski definition) is 2. The highest BCUT2D eigenvalue weighted by Crippen LogP contribution is 2.28. The Morgan fingerprint density at radius 3 is 2.87 bits per heavy atom. The quantitative estimate of drug-likeness (QED) is 0.835. The summed E-state index contributed by atoms with van der Waals surface area (Å²) >= 11 is 6.07. The van der Waals surface area contributed by atoms with E-state index in [2.05, 4.69) is 5.43 Å². The van der Waals surface area contributed by atoms with E-state index in [-0.39, 0.29) is 11.9 Å². The number of halogens is 1. The van der Waals surface area contributed by atoms with Crippen molar-refractivity contribution in [1.82, 2.24) is 10.4 Å². The first-order chi connectivity index (χ1) is 7.22. The number of amides is 1. The normalized spacial score (nSPS) is 21.1. The molecule has 1 atom stereocenters. The summed E-state index contributed by atoms with van der Waals surface area (Å²) < 4.78 is 0. The molecule has 1 saturated heterocycles. The number of carbonyl (C=O) groups is 1. The van der Waals surface area contributed by atoms with E-state index in [9.17, 15) is 4.79 Å². The minimum absolute atomic E-state index is 0.0196. The molecule has 1 fully saturated rings. The van der Waals surface area contributed by atoms with Gasteiger partial charge in [-0.05, 0) is 18.6 Å². The van der Waals surface area contributed by atoms with Crippen molar-refractivity contribution in [2.45, 2.75) is 19.4 Å². The molecule has 0 bridgehead atoms. The summed E-state index contributed by atoms with van der Waals surface area (Å²) in [6, 6.07) is 7.64. The third kappa shape index (κ3) is 1.98. The molecule has 1 aliphatic rings. The first-order valence-corrected chi connectivity index (χ1v) is 5.41. The Morgan fingerprint density at radius 1 is 1.53 bits per heavy atom. The second-order valence-electron chi connectivity index (χ2n) is 3.55. The molecule has 0 spiro atoms. The lowest BCUT2D eigenvalue weighted by Crippen LogP contribution is -2.34. The monoisotopic (exact) mass is 224 g/mol. The lowest BCUT2D eigenvalue weighted by Gasteiger charge is -2.16. The van der Waals surface area contributed by atoms with Gasteiger partial charge in [0.25, 0.3) is 0 Å². The molecule has 1 N–H and O–H groups in total. The van der Waals surface area contributed by atoms with Crippen molar-refractivity contribution in [1.29, 1.82) is 0 Å². The third-order valence-corrected chi connectivity index (χ3v) is 2.93. The average molecular weight is 225 g/mol. The molecule has 15 heavy (non-hydrogen) atoms. The van der Waals surface area contributed by atoms with Gasteiger partial charge in [0.2, 0.25) is 5.91 Å². The van der Waals surface area contributed by atoms with Crippen LogP contribution in [0.4, 0.5) is 0 Å². The van der Waals surface area contributed by atoms with E-state index in [1.54, 1.807) is 5.01 Å². The van der Waals surface area contributed by atoms with Gasteiger partial charge in [-0.25, -0.2) is 5.43 Å². The van der Waals surface area contributed by atoms with Crippen molar-refractivity contribution in [3.05, 3.63) is 34.9 Å². The SMILES string of the molecule is CCN1NC(c2ccccc2Cl)CC1=O. The maximum atomic E-state index is 11.5. The Hall–Kier alpha value is -1.06. The van der Waals surface area contributed by atoms with Crippen molar-refractivity contribution in [3.8, 4) is 0 Å². The van der Waals surface area contributed by atoms with Gasteiger partial charge in [-0.3, -0.25) is 9.80 Å². The van der Waals surface area contributed by atoms with Crippen LogP contribution in [0.2, 0.25) is 5.02 Å². The zero-order valence-electron chi connectivity index (χ0n) is 8.53. The van der Waals surface area contributed by atoms with Crippen LogP contribution in [-0.2, 0) is 4.79 Å². The third-order valence-electron chi connectivity index (χ3n) is 2.59. The first-order valence-electron chi connectivity index (χ1n) is 5.03.